The van der Waals surface area contributed by atoms with E-state index in [-0.39, 0.29) is 57.6 Å². The number of fused-ring (bicyclic) bond motifs is 16. The minimum atomic E-state index is -0.964. The molecular weight excluding hydrogens is 1230 g/mol. The first-order valence-corrected chi connectivity index (χ1v) is 36.3. The van der Waals surface area contributed by atoms with Gasteiger partial charge in [0, 0.05) is 28.9 Å². The van der Waals surface area contributed by atoms with Gasteiger partial charge in [0.1, 0.15) is 11.5 Å². The van der Waals surface area contributed by atoms with E-state index < -0.39 is 22.7 Å². The molecule has 0 saturated carbocycles. The number of allylic oxidation sites excluding steroid dienone is 3. The summed E-state index contributed by atoms with van der Waals surface area (Å²) in [5.41, 5.74) is 17.4. The van der Waals surface area contributed by atoms with Crippen molar-refractivity contribution in [1.29, 1.82) is 0 Å². The van der Waals surface area contributed by atoms with Crippen LogP contribution >= 0.6 is 0 Å². The largest absolute Gasteiger partial charge is 0.504 e. The number of anilines is 5. The second-order valence-corrected chi connectivity index (χ2v) is 31.1. The van der Waals surface area contributed by atoms with E-state index in [0.29, 0.717) is 5.92 Å². The number of methoxy groups -OCH3 is 2. The summed E-state index contributed by atoms with van der Waals surface area (Å²) >= 11 is 0. The van der Waals surface area contributed by atoms with Crippen molar-refractivity contribution in [2.45, 2.75) is 147 Å². The number of aromatic hydroxyl groups is 2. The van der Waals surface area contributed by atoms with Crippen LogP contribution < -0.4 is 24.0 Å². The van der Waals surface area contributed by atoms with Crippen molar-refractivity contribution in [2.24, 2.45) is 23.7 Å². The Morgan fingerprint density at radius 1 is 0.550 bits per heavy atom. The van der Waals surface area contributed by atoms with Gasteiger partial charge in [0.15, 0.2) is 34.5 Å². The first kappa shape index (κ1) is 64.8. The van der Waals surface area contributed by atoms with Crippen LogP contribution in [0.4, 0.5) is 28.4 Å². The monoisotopic (exact) mass is 1320 g/mol. The zero-order chi connectivity index (χ0) is 69.6. The van der Waals surface area contributed by atoms with Crippen LogP contribution in [0.25, 0.3) is 32.7 Å². The number of hydrogen-bond acceptors (Lipinski definition) is 9. The lowest BCUT2D eigenvalue weighted by atomic mass is 9.61. The Kier molecular flexibility index (Phi) is 15.5. The Morgan fingerprint density at radius 2 is 1.14 bits per heavy atom. The first-order valence-electron chi connectivity index (χ1n) is 36.3. The topological polar surface area (TPSA) is 115 Å². The molecule has 10 aromatic carbocycles. The Morgan fingerprint density at radius 3 is 1.83 bits per heavy atom. The van der Waals surface area contributed by atoms with E-state index >= 15 is 0 Å². The molecule has 0 saturated heterocycles. The predicted molar refractivity (Wildman–Crippen MR) is 407 cm³/mol. The van der Waals surface area contributed by atoms with Crippen molar-refractivity contribution in [2.75, 3.05) is 24.0 Å². The highest BCUT2D eigenvalue weighted by Gasteiger charge is 2.59. The van der Waals surface area contributed by atoms with Gasteiger partial charge in [-0.05, 0) is 270 Å². The SMILES string of the molecule is CCc1ccc2c(c1)Oc1cc(C(C)(CC)C(C)c3ccc4c(c3)C3(c5cc(C(C)(CC)C(C)C6C=CC7C(CCc8cc(C(C)(C)C)ccc8N7c7ccc8cc(OC)ccc8c7)C6)ccc5-4)c4cc(O)c(O)cc4C4C=C(O)C(O)=CC43)ccc1N2c1ccc2cc(OC)ccc2c1. The van der Waals surface area contributed by atoms with Gasteiger partial charge in [-0.1, -0.05) is 166 Å². The summed E-state index contributed by atoms with van der Waals surface area (Å²) in [5, 5.41) is 51.2. The molecule has 0 aromatic heterocycles. The summed E-state index contributed by atoms with van der Waals surface area (Å²) in [6, 6.07) is 64.5. The van der Waals surface area contributed by atoms with Gasteiger partial charge in [0.25, 0.3) is 0 Å². The molecule has 10 atom stereocenters. The minimum absolute atomic E-state index is 0.0164. The van der Waals surface area contributed by atoms with Crippen molar-refractivity contribution >= 4 is 50.0 Å². The molecule has 508 valence electrons. The first-order chi connectivity index (χ1) is 48.1. The van der Waals surface area contributed by atoms with Crippen LogP contribution in [0.3, 0.4) is 0 Å². The molecule has 0 radical (unpaired) electrons. The van der Waals surface area contributed by atoms with E-state index in [1.807, 2.05) is 12.1 Å². The molecule has 4 N–H and O–H groups in total. The van der Waals surface area contributed by atoms with Gasteiger partial charge < -0.3 is 44.4 Å². The summed E-state index contributed by atoms with van der Waals surface area (Å²) in [4.78, 5) is 4.97. The van der Waals surface area contributed by atoms with Gasteiger partial charge in [-0.25, -0.2) is 0 Å². The fraction of sp³-hybridized carbons (Fsp3) is 0.319. The summed E-state index contributed by atoms with van der Waals surface area (Å²) in [6.07, 6.45) is 14.4. The average Bonchev–Trinajstić information content (AvgIpc) is 1.50. The Labute approximate surface area is 589 Å². The number of benzene rings is 10. The van der Waals surface area contributed by atoms with E-state index in [1.54, 1.807) is 32.4 Å². The molecule has 0 fully saturated rings. The third kappa shape index (κ3) is 9.97. The molecule has 2 heterocycles. The van der Waals surface area contributed by atoms with E-state index in [2.05, 4.69) is 249 Å². The van der Waals surface area contributed by atoms with E-state index in [4.69, 9.17) is 14.2 Å². The van der Waals surface area contributed by atoms with Crippen molar-refractivity contribution in [3.05, 3.63) is 267 Å². The summed E-state index contributed by atoms with van der Waals surface area (Å²) < 4.78 is 18.3. The fourth-order valence-electron chi connectivity index (χ4n) is 18.7. The van der Waals surface area contributed by atoms with Gasteiger partial charge in [0.05, 0.1) is 37.1 Å². The molecule has 10 unspecified atom stereocenters. The summed E-state index contributed by atoms with van der Waals surface area (Å²) in [6.45, 7) is 23.4. The number of nitrogens with zero attached hydrogens (tertiary/aromatic N) is 2. The Bertz CT molecular complexity index is 5090. The number of ether oxygens (including phenoxy) is 3. The standard InChI is InChI=1S/C91H92N2O7/c1-13-54-16-34-80-86(38-54)100-87-47-65(27-37-81(87)93(80)67-29-20-60-44-69(99-12)31-22-58(60)42-67)90(10,15-3)53(5)56-23-32-70-71-33-25-64(46-75(71)91(74(70)45-56)76-50-84(96)82(94)48-72(76)73-49-83(95)85(97)51-77(73)91)89(9,14-2)52(4)55-24-35-78-61(39-55)17-18-62-40-63(88(6,7)8)26-36-79(62)92(78)66-28-19-59-43-68(98-11)30-21-57(59)41-66/h16,19-38,40-53,55,61,72,76,78,94-97H,13-15,17-18,39H2,1-12H3. The number of hydrogen-bond donors (Lipinski definition) is 4. The lowest BCUT2D eigenvalue weighted by Crippen LogP contribution is -2.42. The second-order valence-electron chi connectivity index (χ2n) is 31.1. The molecule has 0 amide bonds. The highest BCUT2D eigenvalue weighted by atomic mass is 16.5. The molecule has 6 aliphatic rings. The molecule has 9 nitrogen and oxygen atoms in total. The van der Waals surface area contributed by atoms with Crippen LogP contribution in [0, 0.1) is 23.7 Å². The van der Waals surface area contributed by atoms with Crippen molar-refractivity contribution < 1.29 is 34.6 Å². The molecular formula is C91H92N2O7. The maximum absolute atomic E-state index is 11.9. The van der Waals surface area contributed by atoms with E-state index in [9.17, 15) is 20.4 Å². The van der Waals surface area contributed by atoms with Gasteiger partial charge in [-0.3, -0.25) is 0 Å². The van der Waals surface area contributed by atoms with Gasteiger partial charge in [-0.2, -0.15) is 0 Å². The fourth-order valence-corrected chi connectivity index (χ4v) is 18.7. The molecule has 10 aromatic rings. The quantitative estimate of drug-likeness (QED) is 0.0662. The van der Waals surface area contributed by atoms with Crippen LogP contribution in [0.1, 0.15) is 162 Å². The van der Waals surface area contributed by atoms with Gasteiger partial charge in [0.2, 0.25) is 0 Å². The lowest BCUT2D eigenvalue weighted by molar-refractivity contribution is 0.197. The summed E-state index contributed by atoms with van der Waals surface area (Å²) in [5.74, 6) is 2.48. The number of aryl methyl sites for hydroxylation is 2. The highest BCUT2D eigenvalue weighted by molar-refractivity contribution is 5.94. The number of aliphatic hydroxyl groups excluding tert-OH is 2. The van der Waals surface area contributed by atoms with Crippen molar-refractivity contribution in [1.82, 2.24) is 0 Å². The van der Waals surface area contributed by atoms with Crippen LogP contribution in [-0.4, -0.2) is 40.7 Å². The maximum atomic E-state index is 11.9. The zero-order valence-corrected chi connectivity index (χ0v) is 59.7. The number of phenolic OH excluding ortho intramolecular Hbond substituents is 2. The van der Waals surface area contributed by atoms with Crippen LogP contribution in [0.2, 0.25) is 0 Å². The van der Waals surface area contributed by atoms with Crippen LogP contribution in [-0.2, 0) is 34.5 Å². The molecule has 0 bridgehead atoms. The Hall–Kier alpha value is -9.86. The van der Waals surface area contributed by atoms with E-state index in [0.717, 1.165) is 139 Å². The third-order valence-electron chi connectivity index (χ3n) is 25.4. The Balaban J connectivity index is 0.782. The van der Waals surface area contributed by atoms with Crippen LogP contribution in [0.15, 0.2) is 212 Å². The molecule has 1 spiro atoms. The van der Waals surface area contributed by atoms with Crippen molar-refractivity contribution in [3.8, 4) is 45.6 Å². The number of rotatable bonds is 13. The molecule has 9 heteroatoms. The molecule has 16 rings (SSSR count). The molecule has 2 aliphatic heterocycles. The number of phenols is 2. The highest BCUT2D eigenvalue weighted by Crippen LogP contribution is 2.68. The summed E-state index contributed by atoms with van der Waals surface area (Å²) in [7, 11) is 3.43. The third-order valence-corrected chi connectivity index (χ3v) is 25.4. The molecule has 4 aliphatic carbocycles. The van der Waals surface area contributed by atoms with Gasteiger partial charge in [-0.15, -0.1) is 0 Å². The predicted octanol–water partition coefficient (Wildman–Crippen LogP) is 22.9. The number of aliphatic hydroxyl groups is 2. The molecule has 100 heavy (non-hydrogen) atoms. The lowest BCUT2D eigenvalue weighted by Gasteiger charge is -2.45. The average molecular weight is 1330 g/mol. The van der Waals surface area contributed by atoms with Crippen LogP contribution in [0.5, 0.6) is 34.5 Å². The zero-order valence-electron chi connectivity index (χ0n) is 59.7. The maximum Gasteiger partial charge on any atom is 0.157 e. The second kappa shape index (κ2) is 23.9. The van der Waals surface area contributed by atoms with Crippen molar-refractivity contribution in [3.63, 3.8) is 0 Å². The van der Waals surface area contributed by atoms with Gasteiger partial charge >= 0.3 is 0 Å². The minimum Gasteiger partial charge on any atom is -0.504 e. The normalized spacial score (nSPS) is 21.9. The smallest absolute Gasteiger partial charge is 0.157 e. The van der Waals surface area contributed by atoms with E-state index in [1.165, 1.54) is 39.0 Å².